The molecular weight excluding hydrogens is 346 g/mol. The van der Waals surface area contributed by atoms with Gasteiger partial charge in [0.15, 0.2) is 0 Å². The van der Waals surface area contributed by atoms with Crippen LogP contribution in [0.2, 0.25) is 0 Å². The fourth-order valence-corrected chi connectivity index (χ4v) is 3.43. The van der Waals surface area contributed by atoms with E-state index in [1.54, 1.807) is 23.3 Å². The molecule has 0 fully saturated rings. The first-order valence-electron chi connectivity index (χ1n) is 8.62. The Hall–Kier alpha value is -2.18. The van der Waals surface area contributed by atoms with Crippen molar-refractivity contribution >= 4 is 23.2 Å². The largest absolute Gasteiger partial charge is 0.350 e. The van der Waals surface area contributed by atoms with Gasteiger partial charge in [0.25, 0.3) is 0 Å². The van der Waals surface area contributed by atoms with Crippen molar-refractivity contribution in [1.29, 1.82) is 0 Å². The SMILES string of the molecule is CN(CC(=O)N[C@@H](c1ccccc1)c1cccs1)CC(=O)NC(C)(C)C. The van der Waals surface area contributed by atoms with Gasteiger partial charge < -0.3 is 10.6 Å². The molecule has 2 amide bonds. The van der Waals surface area contributed by atoms with Crippen molar-refractivity contribution in [2.45, 2.75) is 32.4 Å². The molecule has 0 unspecified atom stereocenters. The summed E-state index contributed by atoms with van der Waals surface area (Å²) >= 11 is 1.61. The van der Waals surface area contributed by atoms with Crippen LogP contribution >= 0.6 is 11.3 Å². The Balaban J connectivity index is 1.96. The van der Waals surface area contributed by atoms with Gasteiger partial charge in [-0.3, -0.25) is 14.5 Å². The first kappa shape index (κ1) is 20.1. The molecule has 140 valence electrons. The molecule has 1 aromatic heterocycles. The maximum Gasteiger partial charge on any atom is 0.234 e. The van der Waals surface area contributed by atoms with E-state index in [1.165, 1.54) is 0 Å². The second-order valence-electron chi connectivity index (χ2n) is 7.40. The monoisotopic (exact) mass is 373 g/mol. The maximum atomic E-state index is 12.5. The van der Waals surface area contributed by atoms with Gasteiger partial charge in [-0.05, 0) is 44.8 Å². The number of likely N-dealkylation sites (N-methyl/N-ethyl adjacent to an activating group) is 1. The molecule has 1 atom stereocenters. The van der Waals surface area contributed by atoms with Gasteiger partial charge in [-0.1, -0.05) is 36.4 Å². The minimum absolute atomic E-state index is 0.0920. The number of nitrogens with one attached hydrogen (secondary N) is 2. The van der Waals surface area contributed by atoms with Gasteiger partial charge in [0.2, 0.25) is 11.8 Å². The van der Waals surface area contributed by atoms with Crippen LogP contribution in [0.3, 0.4) is 0 Å². The maximum absolute atomic E-state index is 12.5. The normalized spacial score (nSPS) is 12.7. The molecule has 0 aliphatic heterocycles. The molecule has 0 aliphatic rings. The highest BCUT2D eigenvalue weighted by Crippen LogP contribution is 2.25. The van der Waals surface area contributed by atoms with Gasteiger partial charge in [0.05, 0.1) is 19.1 Å². The van der Waals surface area contributed by atoms with E-state index in [4.69, 9.17) is 0 Å². The zero-order valence-electron chi connectivity index (χ0n) is 15.8. The van der Waals surface area contributed by atoms with Gasteiger partial charge in [-0.2, -0.15) is 0 Å². The predicted molar refractivity (Wildman–Crippen MR) is 106 cm³/mol. The van der Waals surface area contributed by atoms with Crippen LogP contribution in [-0.4, -0.2) is 42.4 Å². The summed E-state index contributed by atoms with van der Waals surface area (Å²) in [6.07, 6.45) is 0. The molecule has 0 spiro atoms. The molecule has 0 aliphatic carbocycles. The van der Waals surface area contributed by atoms with Gasteiger partial charge in [-0.25, -0.2) is 0 Å². The fourth-order valence-electron chi connectivity index (χ4n) is 2.63. The zero-order chi connectivity index (χ0) is 19.2. The van der Waals surface area contributed by atoms with Crippen molar-refractivity contribution in [3.05, 3.63) is 58.3 Å². The van der Waals surface area contributed by atoms with E-state index >= 15 is 0 Å². The third kappa shape index (κ3) is 6.61. The molecule has 0 saturated heterocycles. The molecule has 2 N–H and O–H groups in total. The lowest BCUT2D eigenvalue weighted by molar-refractivity contribution is -0.125. The van der Waals surface area contributed by atoms with E-state index < -0.39 is 0 Å². The number of hydrogen-bond acceptors (Lipinski definition) is 4. The number of hydrogen-bond donors (Lipinski definition) is 2. The summed E-state index contributed by atoms with van der Waals surface area (Å²) < 4.78 is 0. The second kappa shape index (κ2) is 8.96. The van der Waals surface area contributed by atoms with Crippen molar-refractivity contribution in [2.75, 3.05) is 20.1 Å². The molecule has 2 aromatic rings. The summed E-state index contributed by atoms with van der Waals surface area (Å²) in [5.74, 6) is -0.205. The van der Waals surface area contributed by atoms with E-state index in [1.807, 2.05) is 68.6 Å². The summed E-state index contributed by atoms with van der Waals surface area (Å²) in [4.78, 5) is 27.3. The van der Waals surface area contributed by atoms with Crippen LogP contribution in [0, 0.1) is 0 Å². The minimum atomic E-state index is -0.280. The summed E-state index contributed by atoms with van der Waals surface area (Å²) in [5, 5.41) is 7.99. The fraction of sp³-hybridized carbons (Fsp3) is 0.400. The molecule has 1 aromatic carbocycles. The average molecular weight is 374 g/mol. The highest BCUT2D eigenvalue weighted by atomic mass is 32.1. The van der Waals surface area contributed by atoms with Crippen LogP contribution in [0.15, 0.2) is 47.8 Å². The first-order chi connectivity index (χ1) is 12.2. The minimum Gasteiger partial charge on any atom is -0.350 e. The molecule has 5 nitrogen and oxygen atoms in total. The Morgan fingerprint density at radius 2 is 1.69 bits per heavy atom. The van der Waals surface area contributed by atoms with E-state index in [9.17, 15) is 9.59 Å². The molecule has 6 heteroatoms. The summed E-state index contributed by atoms with van der Waals surface area (Å²) in [6.45, 7) is 6.14. The molecular formula is C20H27N3O2S. The summed E-state index contributed by atoms with van der Waals surface area (Å²) in [6, 6.07) is 13.7. The van der Waals surface area contributed by atoms with E-state index in [2.05, 4.69) is 10.6 Å². The van der Waals surface area contributed by atoms with Gasteiger partial charge in [0, 0.05) is 10.4 Å². The molecule has 26 heavy (non-hydrogen) atoms. The number of carbonyl (C=O) groups is 2. The van der Waals surface area contributed by atoms with Gasteiger partial charge >= 0.3 is 0 Å². The number of rotatable bonds is 7. The van der Waals surface area contributed by atoms with E-state index in [-0.39, 0.29) is 36.5 Å². The number of thiophene rings is 1. The zero-order valence-corrected chi connectivity index (χ0v) is 16.6. The second-order valence-corrected chi connectivity index (χ2v) is 8.38. The standard InChI is InChI=1S/C20H27N3O2S/c1-20(2,3)22-18(25)14-23(4)13-17(24)21-19(16-11-8-12-26-16)15-9-6-5-7-10-15/h5-12,19H,13-14H2,1-4H3,(H,21,24)(H,22,25)/t19-/m0/s1. The van der Waals surface area contributed by atoms with Gasteiger partial charge in [0.1, 0.15) is 0 Å². The van der Waals surface area contributed by atoms with E-state index in [0.717, 1.165) is 10.4 Å². The lowest BCUT2D eigenvalue weighted by Crippen LogP contribution is -2.47. The van der Waals surface area contributed by atoms with Crippen LogP contribution in [0.25, 0.3) is 0 Å². The Kier molecular flexibility index (Phi) is 6.94. The third-order valence-electron chi connectivity index (χ3n) is 3.61. The molecule has 2 rings (SSSR count). The topological polar surface area (TPSA) is 61.4 Å². The lowest BCUT2D eigenvalue weighted by atomic mass is 10.1. The lowest BCUT2D eigenvalue weighted by Gasteiger charge is -2.24. The van der Waals surface area contributed by atoms with Crippen molar-refractivity contribution in [2.24, 2.45) is 0 Å². The quantitative estimate of drug-likeness (QED) is 0.785. The highest BCUT2D eigenvalue weighted by Gasteiger charge is 2.20. The van der Waals surface area contributed by atoms with Crippen molar-refractivity contribution in [3.8, 4) is 0 Å². The van der Waals surface area contributed by atoms with Crippen LogP contribution in [-0.2, 0) is 9.59 Å². The number of nitrogens with zero attached hydrogens (tertiary/aromatic N) is 1. The van der Waals surface area contributed by atoms with Crippen molar-refractivity contribution in [3.63, 3.8) is 0 Å². The third-order valence-corrected chi connectivity index (χ3v) is 4.54. The molecule has 1 heterocycles. The van der Waals surface area contributed by atoms with Gasteiger partial charge in [-0.15, -0.1) is 11.3 Å². The Labute approximate surface area is 159 Å². The number of benzene rings is 1. The molecule has 0 saturated carbocycles. The smallest absolute Gasteiger partial charge is 0.234 e. The van der Waals surface area contributed by atoms with Crippen molar-refractivity contribution < 1.29 is 9.59 Å². The number of amides is 2. The van der Waals surface area contributed by atoms with Crippen LogP contribution in [0.4, 0.5) is 0 Å². The Morgan fingerprint density at radius 1 is 1.04 bits per heavy atom. The average Bonchev–Trinajstić information content (AvgIpc) is 3.05. The molecule has 0 bridgehead atoms. The molecule has 0 radical (unpaired) electrons. The van der Waals surface area contributed by atoms with Crippen LogP contribution in [0.1, 0.15) is 37.3 Å². The first-order valence-corrected chi connectivity index (χ1v) is 9.50. The summed E-state index contributed by atoms with van der Waals surface area (Å²) in [5.41, 5.74) is 0.758. The highest BCUT2D eigenvalue weighted by molar-refractivity contribution is 7.10. The van der Waals surface area contributed by atoms with Crippen molar-refractivity contribution in [1.82, 2.24) is 15.5 Å². The Morgan fingerprint density at radius 3 is 2.27 bits per heavy atom. The Bertz CT molecular complexity index is 708. The predicted octanol–water partition coefficient (Wildman–Crippen LogP) is 2.80. The van der Waals surface area contributed by atoms with E-state index in [0.29, 0.717) is 0 Å². The van der Waals surface area contributed by atoms with Crippen LogP contribution in [0.5, 0.6) is 0 Å². The summed E-state index contributed by atoms with van der Waals surface area (Å²) in [7, 11) is 1.77. The van der Waals surface area contributed by atoms with Crippen LogP contribution < -0.4 is 10.6 Å². The number of carbonyl (C=O) groups excluding carboxylic acids is 2.